The molecule has 6 aromatic rings. The Morgan fingerprint density at radius 1 is 0.604 bits per heavy atom. The lowest BCUT2D eigenvalue weighted by molar-refractivity contribution is 0.0462. The van der Waals surface area contributed by atoms with E-state index < -0.39 is 15.8 Å². The first-order valence-corrected chi connectivity index (χ1v) is 19.3. The summed E-state index contributed by atoms with van der Waals surface area (Å²) in [6.45, 7) is 0.625. The van der Waals surface area contributed by atoms with Gasteiger partial charge in [-0.05, 0) is 67.5 Å². The van der Waals surface area contributed by atoms with Gasteiger partial charge in [-0.25, -0.2) is 0 Å². The molecule has 1 heterocycles. The molecule has 0 aliphatic carbocycles. The van der Waals surface area contributed by atoms with Crippen LogP contribution in [-0.2, 0) is 17.6 Å². The van der Waals surface area contributed by atoms with Gasteiger partial charge in [0.1, 0.15) is 17.6 Å². The summed E-state index contributed by atoms with van der Waals surface area (Å²) in [4.78, 5) is 0. The monoisotopic (exact) mass is 666 g/mol. The Bertz CT molecular complexity index is 1840. The summed E-state index contributed by atoms with van der Waals surface area (Å²) in [6.07, 6.45) is 2.34. The lowest BCUT2D eigenvalue weighted by atomic mass is 9.88. The third-order valence-electron chi connectivity index (χ3n) is 9.07. The number of benzene rings is 6. The number of rotatable bonds is 11. The van der Waals surface area contributed by atoms with Crippen LogP contribution in [0.3, 0.4) is 0 Å². The van der Waals surface area contributed by atoms with Crippen molar-refractivity contribution in [3.8, 4) is 11.5 Å². The fourth-order valence-corrected chi connectivity index (χ4v) is 11.6. The van der Waals surface area contributed by atoms with Crippen LogP contribution in [0, 0.1) is 5.92 Å². The maximum atomic E-state index is 11.9. The average molecular weight is 667 g/mol. The molecule has 0 saturated carbocycles. The van der Waals surface area contributed by atoms with Crippen molar-refractivity contribution in [2.24, 2.45) is 5.92 Å². The number of aryl methyl sites for hydroxylation is 1. The van der Waals surface area contributed by atoms with Gasteiger partial charge in [-0.1, -0.05) is 158 Å². The van der Waals surface area contributed by atoms with Crippen LogP contribution in [0.25, 0.3) is 0 Å². The van der Waals surface area contributed by atoms with Crippen LogP contribution in [0.15, 0.2) is 158 Å². The summed E-state index contributed by atoms with van der Waals surface area (Å²) < 4.78 is 12.8. The molecule has 0 saturated heterocycles. The molecule has 0 amide bonds. The van der Waals surface area contributed by atoms with Gasteiger partial charge < -0.3 is 14.6 Å². The van der Waals surface area contributed by atoms with Crippen molar-refractivity contribution >= 4 is 47.7 Å². The maximum Gasteiger partial charge on any atom is 0.131 e. The van der Waals surface area contributed by atoms with Gasteiger partial charge in [0.25, 0.3) is 0 Å². The van der Waals surface area contributed by atoms with E-state index in [0.29, 0.717) is 18.8 Å². The van der Waals surface area contributed by atoms with Crippen molar-refractivity contribution in [2.75, 3.05) is 13.7 Å². The highest BCUT2D eigenvalue weighted by atomic mass is 31.1. The fourth-order valence-electron chi connectivity index (χ4n) is 6.80. The quantitative estimate of drug-likeness (QED) is 0.150. The lowest BCUT2D eigenvalue weighted by Crippen LogP contribution is -2.38. The predicted molar refractivity (Wildman–Crippen MR) is 204 cm³/mol. The Hall–Kier alpha value is -4.26. The van der Waals surface area contributed by atoms with Crippen molar-refractivity contribution in [2.45, 2.75) is 25.4 Å². The topological polar surface area (TPSA) is 38.7 Å². The van der Waals surface area contributed by atoms with Crippen molar-refractivity contribution in [1.29, 1.82) is 0 Å². The Kier molecular flexibility index (Phi) is 10.3. The molecule has 6 aromatic carbocycles. The summed E-state index contributed by atoms with van der Waals surface area (Å²) in [5.74, 6) is 1.63. The molecule has 2 atom stereocenters. The Balaban J connectivity index is 1.21. The molecule has 7 rings (SSSR count). The maximum absolute atomic E-state index is 11.9. The van der Waals surface area contributed by atoms with E-state index in [9.17, 15) is 5.11 Å². The normalized spacial score (nSPS) is 15.6. The molecule has 0 fully saturated rings. The van der Waals surface area contributed by atoms with E-state index in [2.05, 4.69) is 146 Å². The van der Waals surface area contributed by atoms with Crippen molar-refractivity contribution in [1.82, 2.24) is 0 Å². The Morgan fingerprint density at radius 2 is 1.08 bits per heavy atom. The van der Waals surface area contributed by atoms with Crippen molar-refractivity contribution in [3.05, 3.63) is 169 Å². The summed E-state index contributed by atoms with van der Waals surface area (Å²) in [7, 11) is 0.0526. The average Bonchev–Trinajstić information content (AvgIpc) is 3.14. The van der Waals surface area contributed by atoms with Crippen molar-refractivity contribution < 1.29 is 14.6 Å². The lowest BCUT2D eigenvalue weighted by Gasteiger charge is -2.36. The molecular formula is C43H40O3P2. The van der Waals surface area contributed by atoms with Crippen LogP contribution in [-0.4, -0.2) is 24.9 Å². The van der Waals surface area contributed by atoms with Crippen LogP contribution in [0.1, 0.15) is 17.5 Å². The molecule has 2 unspecified atom stereocenters. The summed E-state index contributed by atoms with van der Waals surface area (Å²) in [5, 5.41) is 19.2. The van der Waals surface area contributed by atoms with Gasteiger partial charge in [0.2, 0.25) is 0 Å². The number of aromatic hydroxyl groups is 1. The summed E-state index contributed by atoms with van der Waals surface area (Å²) >= 11 is 0. The number of hydrogen-bond acceptors (Lipinski definition) is 3. The second-order valence-electron chi connectivity index (χ2n) is 12.2. The number of phenolic OH excluding ortho intramolecular Hbond substituents is 1. The highest BCUT2D eigenvalue weighted by Gasteiger charge is 2.34. The molecule has 1 aliphatic heterocycles. The van der Waals surface area contributed by atoms with E-state index in [4.69, 9.17) is 9.47 Å². The molecule has 0 spiro atoms. The van der Waals surface area contributed by atoms with Crippen LogP contribution in [0.4, 0.5) is 0 Å². The molecule has 48 heavy (non-hydrogen) atoms. The largest absolute Gasteiger partial charge is 0.507 e. The second-order valence-corrected chi connectivity index (χ2v) is 16.5. The first-order chi connectivity index (χ1) is 23.7. The van der Waals surface area contributed by atoms with Crippen LogP contribution in [0.2, 0.25) is 0 Å². The summed E-state index contributed by atoms with van der Waals surface area (Å²) in [6, 6.07) is 55.6. The van der Waals surface area contributed by atoms with Gasteiger partial charge >= 0.3 is 0 Å². The highest BCUT2D eigenvalue weighted by molar-refractivity contribution is 7.80. The molecular weight excluding hydrogens is 626 g/mol. The number of fused-ring (bicyclic) bond motifs is 1. The van der Waals surface area contributed by atoms with Gasteiger partial charge in [0, 0.05) is 23.6 Å². The molecule has 1 aliphatic rings. The zero-order valence-electron chi connectivity index (χ0n) is 27.2. The first-order valence-electron chi connectivity index (χ1n) is 16.6. The standard InChI is InChI=1S/C43H40O3P2/c1-45-31-34-30-33-17-15-27-41(48(37-22-10-4-11-23-37)38-24-12-5-13-25-38)43(33)46-39(34)29-28-32-16-14-26-40(42(32)44)47(35-18-6-2-7-19-35)36-20-8-3-9-21-36/h2-27,34,39,44H,28-31H2,1H3. The van der Waals surface area contributed by atoms with E-state index in [1.807, 2.05) is 12.1 Å². The smallest absolute Gasteiger partial charge is 0.131 e. The molecule has 3 nitrogen and oxygen atoms in total. The van der Waals surface area contributed by atoms with Crippen LogP contribution in [0.5, 0.6) is 11.5 Å². The Labute approximate surface area is 286 Å². The molecule has 5 heteroatoms. The molecule has 1 N–H and O–H groups in total. The fraction of sp³-hybridized carbons (Fsp3) is 0.163. The van der Waals surface area contributed by atoms with Gasteiger partial charge in [-0.2, -0.15) is 0 Å². The van der Waals surface area contributed by atoms with E-state index in [1.54, 1.807) is 7.11 Å². The number of para-hydroxylation sites is 2. The third-order valence-corrected chi connectivity index (χ3v) is 14.0. The molecule has 0 aromatic heterocycles. The van der Waals surface area contributed by atoms with Crippen LogP contribution >= 0.6 is 15.8 Å². The minimum absolute atomic E-state index is 0.0465. The molecule has 240 valence electrons. The summed E-state index contributed by atoms with van der Waals surface area (Å²) in [5.41, 5.74) is 2.20. The second kappa shape index (κ2) is 15.3. The van der Waals surface area contributed by atoms with E-state index in [-0.39, 0.29) is 12.0 Å². The van der Waals surface area contributed by atoms with Gasteiger partial charge in [0.15, 0.2) is 0 Å². The minimum Gasteiger partial charge on any atom is -0.507 e. The van der Waals surface area contributed by atoms with Gasteiger partial charge in [0.05, 0.1) is 6.61 Å². The number of methoxy groups -OCH3 is 1. The first kappa shape index (κ1) is 32.3. The Morgan fingerprint density at radius 3 is 1.60 bits per heavy atom. The van der Waals surface area contributed by atoms with Crippen molar-refractivity contribution in [3.63, 3.8) is 0 Å². The van der Waals surface area contributed by atoms with Gasteiger partial charge in [-0.15, -0.1) is 0 Å². The number of hydrogen-bond donors (Lipinski definition) is 1. The number of phenols is 1. The minimum atomic E-state index is -0.913. The van der Waals surface area contributed by atoms with Crippen LogP contribution < -0.4 is 36.6 Å². The molecule has 0 bridgehead atoms. The van der Waals surface area contributed by atoms with Gasteiger partial charge in [-0.3, -0.25) is 0 Å². The zero-order valence-corrected chi connectivity index (χ0v) is 28.9. The van der Waals surface area contributed by atoms with E-state index in [1.165, 1.54) is 32.1 Å². The highest BCUT2D eigenvalue weighted by Crippen LogP contribution is 2.42. The molecule has 0 radical (unpaired) electrons. The predicted octanol–water partition coefficient (Wildman–Crippen LogP) is 7.11. The SMILES string of the molecule is COCC1Cc2cccc(P(c3ccccc3)c3ccccc3)c2OC1CCc1cccc(P(c2ccccc2)c2ccccc2)c1O. The third kappa shape index (κ3) is 6.96. The number of ether oxygens (including phenoxy) is 2. The van der Waals surface area contributed by atoms with E-state index in [0.717, 1.165) is 29.5 Å². The van der Waals surface area contributed by atoms with E-state index >= 15 is 0 Å². The zero-order chi connectivity index (χ0) is 32.7.